The van der Waals surface area contributed by atoms with Crippen molar-refractivity contribution in [2.24, 2.45) is 0 Å². The van der Waals surface area contributed by atoms with Crippen LogP contribution in [0, 0.1) is 0 Å². The van der Waals surface area contributed by atoms with Crippen LogP contribution in [0.1, 0.15) is 33.6 Å². The fourth-order valence-corrected chi connectivity index (χ4v) is 2.79. The average Bonchev–Trinajstić information content (AvgIpc) is 2.33. The molecule has 2 fully saturated rings. The van der Waals surface area contributed by atoms with E-state index in [1.54, 1.807) is 0 Å². The summed E-state index contributed by atoms with van der Waals surface area (Å²) in [4.78, 5) is 0. The van der Waals surface area contributed by atoms with E-state index in [9.17, 15) is 0 Å². The molecule has 100 valence electrons. The van der Waals surface area contributed by atoms with E-state index in [2.05, 4.69) is 31.4 Å². The van der Waals surface area contributed by atoms with Gasteiger partial charge in [-0.2, -0.15) is 0 Å². The molecule has 4 nitrogen and oxygen atoms in total. The van der Waals surface area contributed by atoms with E-state index in [1.807, 2.05) is 0 Å². The summed E-state index contributed by atoms with van der Waals surface area (Å²) in [5.74, 6) is 0. The van der Waals surface area contributed by atoms with Crippen molar-refractivity contribution in [1.29, 1.82) is 0 Å². The van der Waals surface area contributed by atoms with Gasteiger partial charge in [0.2, 0.25) is 0 Å². The Balaban J connectivity index is 1.90. The van der Waals surface area contributed by atoms with Crippen LogP contribution in [0.2, 0.25) is 0 Å². The Morgan fingerprint density at radius 1 is 1.29 bits per heavy atom. The fraction of sp³-hybridized carbons (Fsp3) is 1.00. The normalized spacial score (nSPS) is 43.6. The SMILES string of the molecule is CCC1COCC(CC2(C)NCCOC2C)N1. The molecule has 2 rings (SSSR count). The second-order valence-electron chi connectivity index (χ2n) is 5.57. The van der Waals surface area contributed by atoms with Gasteiger partial charge in [0, 0.05) is 24.2 Å². The molecule has 4 atom stereocenters. The zero-order chi connectivity index (χ0) is 12.3. The standard InChI is InChI=1S/C13H26N2O2/c1-4-11-8-16-9-12(15-11)7-13(3)10(2)17-6-5-14-13/h10-12,14-15H,4-9H2,1-3H3. The van der Waals surface area contributed by atoms with Gasteiger partial charge in [0.05, 0.1) is 25.9 Å². The number of rotatable bonds is 3. The predicted octanol–water partition coefficient (Wildman–Crippen LogP) is 0.911. The Kier molecular flexibility index (Phi) is 4.42. The van der Waals surface area contributed by atoms with Gasteiger partial charge >= 0.3 is 0 Å². The number of ether oxygens (including phenoxy) is 2. The van der Waals surface area contributed by atoms with Gasteiger partial charge in [0.1, 0.15) is 0 Å². The number of morpholine rings is 2. The molecule has 4 unspecified atom stereocenters. The van der Waals surface area contributed by atoms with Crippen LogP contribution in [0.15, 0.2) is 0 Å². The van der Waals surface area contributed by atoms with E-state index < -0.39 is 0 Å². The lowest BCUT2D eigenvalue weighted by atomic mass is 9.86. The molecule has 4 heteroatoms. The molecule has 2 saturated heterocycles. The van der Waals surface area contributed by atoms with Crippen molar-refractivity contribution in [3.8, 4) is 0 Å². The highest BCUT2D eigenvalue weighted by Gasteiger charge is 2.37. The molecular formula is C13H26N2O2. The summed E-state index contributed by atoms with van der Waals surface area (Å²) in [6.07, 6.45) is 2.46. The summed E-state index contributed by atoms with van der Waals surface area (Å²) < 4.78 is 11.4. The van der Waals surface area contributed by atoms with E-state index in [0.717, 1.165) is 39.2 Å². The molecule has 0 radical (unpaired) electrons. The smallest absolute Gasteiger partial charge is 0.0727 e. The Hall–Kier alpha value is -0.160. The second-order valence-corrected chi connectivity index (χ2v) is 5.57. The maximum absolute atomic E-state index is 5.76. The number of hydrogen-bond donors (Lipinski definition) is 2. The van der Waals surface area contributed by atoms with Crippen LogP contribution in [-0.4, -0.2) is 50.1 Å². The summed E-state index contributed by atoms with van der Waals surface area (Å²) >= 11 is 0. The van der Waals surface area contributed by atoms with Gasteiger partial charge in [0.25, 0.3) is 0 Å². The van der Waals surface area contributed by atoms with E-state index in [-0.39, 0.29) is 11.6 Å². The predicted molar refractivity (Wildman–Crippen MR) is 68.3 cm³/mol. The van der Waals surface area contributed by atoms with Crippen LogP contribution in [0.5, 0.6) is 0 Å². The van der Waals surface area contributed by atoms with Crippen LogP contribution in [-0.2, 0) is 9.47 Å². The zero-order valence-electron chi connectivity index (χ0n) is 11.3. The maximum Gasteiger partial charge on any atom is 0.0727 e. The van der Waals surface area contributed by atoms with Crippen LogP contribution < -0.4 is 10.6 Å². The zero-order valence-corrected chi connectivity index (χ0v) is 11.3. The molecule has 2 aliphatic heterocycles. The quantitative estimate of drug-likeness (QED) is 0.772. The van der Waals surface area contributed by atoms with E-state index in [1.165, 1.54) is 0 Å². The van der Waals surface area contributed by atoms with Gasteiger partial charge in [-0.05, 0) is 26.7 Å². The first-order valence-electron chi connectivity index (χ1n) is 6.84. The summed E-state index contributed by atoms with van der Waals surface area (Å²) in [6, 6.07) is 0.951. The second kappa shape index (κ2) is 5.65. The van der Waals surface area contributed by atoms with Crippen molar-refractivity contribution in [2.45, 2.75) is 57.3 Å². The van der Waals surface area contributed by atoms with Crippen LogP contribution in [0.25, 0.3) is 0 Å². The minimum Gasteiger partial charge on any atom is -0.378 e. The lowest BCUT2D eigenvalue weighted by Crippen LogP contribution is -2.61. The van der Waals surface area contributed by atoms with E-state index >= 15 is 0 Å². The van der Waals surface area contributed by atoms with Crippen LogP contribution in [0.4, 0.5) is 0 Å². The molecule has 2 aliphatic rings. The third-order valence-corrected chi connectivity index (χ3v) is 4.17. The monoisotopic (exact) mass is 242 g/mol. The van der Waals surface area contributed by atoms with Crippen molar-refractivity contribution in [3.05, 3.63) is 0 Å². The molecule has 0 aromatic heterocycles. The molecule has 0 amide bonds. The van der Waals surface area contributed by atoms with Crippen molar-refractivity contribution in [1.82, 2.24) is 10.6 Å². The molecule has 0 aromatic rings. The number of nitrogens with one attached hydrogen (secondary N) is 2. The molecule has 2 heterocycles. The van der Waals surface area contributed by atoms with Crippen LogP contribution in [0.3, 0.4) is 0 Å². The van der Waals surface area contributed by atoms with Gasteiger partial charge in [-0.15, -0.1) is 0 Å². The van der Waals surface area contributed by atoms with Crippen molar-refractivity contribution in [2.75, 3.05) is 26.4 Å². The summed E-state index contributed by atoms with van der Waals surface area (Å²) in [5.41, 5.74) is 0.0644. The first-order valence-corrected chi connectivity index (χ1v) is 6.84. The van der Waals surface area contributed by atoms with E-state index in [4.69, 9.17) is 9.47 Å². The van der Waals surface area contributed by atoms with Crippen molar-refractivity contribution < 1.29 is 9.47 Å². The first kappa shape index (κ1) is 13.3. The van der Waals surface area contributed by atoms with Crippen LogP contribution >= 0.6 is 0 Å². The summed E-state index contributed by atoms with van der Waals surface area (Å²) in [6.45, 7) is 10.1. The Labute approximate surface area is 104 Å². The van der Waals surface area contributed by atoms with Gasteiger partial charge in [-0.3, -0.25) is 0 Å². The number of hydrogen-bond acceptors (Lipinski definition) is 4. The topological polar surface area (TPSA) is 42.5 Å². The highest BCUT2D eigenvalue weighted by Crippen LogP contribution is 2.24. The Bertz CT molecular complexity index is 250. The molecule has 0 aliphatic carbocycles. The molecule has 0 bridgehead atoms. The van der Waals surface area contributed by atoms with Gasteiger partial charge in [-0.1, -0.05) is 6.92 Å². The molecular weight excluding hydrogens is 216 g/mol. The summed E-state index contributed by atoms with van der Waals surface area (Å²) in [5, 5.41) is 7.28. The van der Waals surface area contributed by atoms with Gasteiger partial charge in [-0.25, -0.2) is 0 Å². The molecule has 0 saturated carbocycles. The fourth-order valence-electron chi connectivity index (χ4n) is 2.79. The lowest BCUT2D eigenvalue weighted by Gasteiger charge is -2.44. The van der Waals surface area contributed by atoms with Gasteiger partial charge < -0.3 is 20.1 Å². The lowest BCUT2D eigenvalue weighted by molar-refractivity contribution is -0.0491. The minimum absolute atomic E-state index is 0.0644. The third-order valence-electron chi connectivity index (χ3n) is 4.17. The molecule has 2 N–H and O–H groups in total. The van der Waals surface area contributed by atoms with Crippen molar-refractivity contribution >= 4 is 0 Å². The molecule has 0 spiro atoms. The third kappa shape index (κ3) is 3.19. The Morgan fingerprint density at radius 2 is 2.06 bits per heavy atom. The largest absolute Gasteiger partial charge is 0.378 e. The first-order chi connectivity index (χ1) is 8.14. The highest BCUT2D eigenvalue weighted by atomic mass is 16.5. The van der Waals surface area contributed by atoms with Gasteiger partial charge in [0.15, 0.2) is 0 Å². The van der Waals surface area contributed by atoms with E-state index in [0.29, 0.717) is 12.1 Å². The maximum atomic E-state index is 5.76. The molecule has 17 heavy (non-hydrogen) atoms. The van der Waals surface area contributed by atoms with Crippen molar-refractivity contribution in [3.63, 3.8) is 0 Å². The average molecular weight is 242 g/mol. The summed E-state index contributed by atoms with van der Waals surface area (Å²) in [7, 11) is 0. The highest BCUT2D eigenvalue weighted by molar-refractivity contribution is 4.96. The minimum atomic E-state index is 0.0644. The molecule has 0 aromatic carbocycles. The Morgan fingerprint density at radius 3 is 2.76 bits per heavy atom.